The molecule has 0 aliphatic rings. The second-order valence-electron chi connectivity index (χ2n) is 3.71. The molecule has 0 bridgehead atoms. The molecular formula is C10H15N3O3S. The first kappa shape index (κ1) is 13.4. The smallest absolute Gasteiger partial charge is 0.323 e. The molecule has 1 atom stereocenters. The highest BCUT2D eigenvalue weighted by atomic mass is 32.1. The van der Waals surface area contributed by atoms with E-state index in [0.717, 1.165) is 9.91 Å². The summed E-state index contributed by atoms with van der Waals surface area (Å²) < 4.78 is 0. The highest BCUT2D eigenvalue weighted by molar-refractivity contribution is 7.09. The molecule has 0 fully saturated rings. The zero-order valence-corrected chi connectivity index (χ0v) is 10.5. The molecule has 0 aliphatic carbocycles. The molecule has 1 aromatic rings. The van der Waals surface area contributed by atoms with Crippen molar-refractivity contribution in [3.8, 4) is 0 Å². The van der Waals surface area contributed by atoms with Crippen LogP contribution in [0, 0.1) is 0 Å². The van der Waals surface area contributed by atoms with Gasteiger partial charge in [0.15, 0.2) is 0 Å². The van der Waals surface area contributed by atoms with Crippen LogP contribution in [0.1, 0.15) is 17.8 Å². The number of thiazole rings is 1. The number of amides is 2. The Labute approximate surface area is 103 Å². The van der Waals surface area contributed by atoms with Crippen LogP contribution in [0.25, 0.3) is 0 Å². The number of hydrogen-bond acceptors (Lipinski definition) is 4. The molecule has 94 valence electrons. The minimum atomic E-state index is -1.03. The number of aliphatic carboxylic acids is 1. The van der Waals surface area contributed by atoms with Gasteiger partial charge < -0.3 is 15.3 Å². The summed E-state index contributed by atoms with van der Waals surface area (Å²) >= 11 is 1.53. The number of carboxylic acid groups (broad SMARTS) is 1. The number of carbonyl (C=O) groups is 2. The lowest BCUT2D eigenvalue weighted by molar-refractivity contribution is -0.137. The summed E-state index contributed by atoms with van der Waals surface area (Å²) in [5.74, 6) is -0.909. The summed E-state index contributed by atoms with van der Waals surface area (Å²) in [5, 5.41) is 14.0. The van der Waals surface area contributed by atoms with Gasteiger partial charge in [-0.2, -0.15) is 0 Å². The predicted octanol–water partition coefficient (Wildman–Crippen LogP) is 0.973. The molecule has 0 radical (unpaired) electrons. The van der Waals surface area contributed by atoms with Gasteiger partial charge in [-0.05, 0) is 0 Å². The second-order valence-corrected chi connectivity index (χ2v) is 4.63. The Morgan fingerprint density at radius 1 is 1.65 bits per heavy atom. The molecule has 17 heavy (non-hydrogen) atoms. The van der Waals surface area contributed by atoms with Gasteiger partial charge >= 0.3 is 12.0 Å². The Balaban J connectivity index is 2.35. The first-order chi connectivity index (χ1) is 8.00. The maximum Gasteiger partial charge on any atom is 0.323 e. The number of rotatable bonds is 5. The van der Waals surface area contributed by atoms with E-state index < -0.39 is 12.0 Å². The lowest BCUT2D eigenvalue weighted by Gasteiger charge is -2.17. The quantitative estimate of drug-likeness (QED) is 0.823. The third kappa shape index (κ3) is 4.39. The van der Waals surface area contributed by atoms with Gasteiger partial charge in [0.1, 0.15) is 6.54 Å². The van der Waals surface area contributed by atoms with Crippen molar-refractivity contribution in [3.05, 3.63) is 16.6 Å². The van der Waals surface area contributed by atoms with E-state index in [4.69, 9.17) is 5.11 Å². The van der Waals surface area contributed by atoms with Gasteiger partial charge in [0.05, 0.1) is 5.01 Å². The van der Waals surface area contributed by atoms with Crippen LogP contribution in [0.2, 0.25) is 0 Å². The van der Waals surface area contributed by atoms with Crippen molar-refractivity contribution >= 4 is 23.3 Å². The third-order valence-electron chi connectivity index (χ3n) is 2.15. The monoisotopic (exact) mass is 257 g/mol. The average molecular weight is 257 g/mol. The van der Waals surface area contributed by atoms with Crippen LogP contribution in [-0.2, 0) is 4.79 Å². The van der Waals surface area contributed by atoms with Gasteiger partial charge in [0.25, 0.3) is 0 Å². The zero-order valence-electron chi connectivity index (χ0n) is 9.71. The standard InChI is InChI=1S/C10H15N3O3S/c1-7(9-11-3-4-17-9)5-12-10(16)13(2)6-8(14)15/h3-4,7H,5-6H2,1-2H3,(H,12,16)(H,14,15). The fourth-order valence-electron chi connectivity index (χ4n) is 1.22. The fraction of sp³-hybridized carbons (Fsp3) is 0.500. The fourth-order valence-corrected chi connectivity index (χ4v) is 1.91. The van der Waals surface area contributed by atoms with Gasteiger partial charge in [-0.25, -0.2) is 9.78 Å². The molecule has 1 rings (SSSR count). The van der Waals surface area contributed by atoms with Gasteiger partial charge in [-0.3, -0.25) is 4.79 Å². The first-order valence-corrected chi connectivity index (χ1v) is 5.98. The van der Waals surface area contributed by atoms with Crippen LogP contribution >= 0.6 is 11.3 Å². The zero-order chi connectivity index (χ0) is 12.8. The lowest BCUT2D eigenvalue weighted by atomic mass is 10.2. The van der Waals surface area contributed by atoms with Crippen LogP contribution in [0.15, 0.2) is 11.6 Å². The molecule has 1 heterocycles. The molecule has 0 spiro atoms. The Hall–Kier alpha value is -1.63. The Kier molecular flexibility index (Phi) is 4.89. The van der Waals surface area contributed by atoms with Gasteiger partial charge in [-0.1, -0.05) is 6.92 Å². The number of nitrogens with zero attached hydrogens (tertiary/aromatic N) is 2. The second kappa shape index (κ2) is 6.19. The van der Waals surface area contributed by atoms with E-state index in [2.05, 4.69) is 10.3 Å². The normalized spacial score (nSPS) is 11.9. The van der Waals surface area contributed by atoms with Crippen molar-refractivity contribution in [1.29, 1.82) is 0 Å². The largest absolute Gasteiger partial charge is 0.480 e. The van der Waals surface area contributed by atoms with Crippen LogP contribution < -0.4 is 5.32 Å². The summed E-state index contributed by atoms with van der Waals surface area (Å²) in [7, 11) is 1.44. The maximum atomic E-state index is 11.5. The van der Waals surface area contributed by atoms with E-state index in [9.17, 15) is 9.59 Å². The van der Waals surface area contributed by atoms with Crippen molar-refractivity contribution < 1.29 is 14.7 Å². The van der Waals surface area contributed by atoms with Gasteiger partial charge in [0.2, 0.25) is 0 Å². The number of likely N-dealkylation sites (N-methyl/N-ethyl adjacent to an activating group) is 1. The van der Waals surface area contributed by atoms with Crippen LogP contribution in [0.4, 0.5) is 4.79 Å². The van der Waals surface area contributed by atoms with E-state index in [-0.39, 0.29) is 12.5 Å². The Bertz CT molecular complexity index is 380. The maximum absolute atomic E-state index is 11.5. The molecule has 6 nitrogen and oxygen atoms in total. The van der Waals surface area contributed by atoms with E-state index in [1.807, 2.05) is 12.3 Å². The minimum absolute atomic E-state index is 0.122. The summed E-state index contributed by atoms with van der Waals surface area (Å²) in [6.07, 6.45) is 1.72. The molecule has 2 N–H and O–H groups in total. The highest BCUT2D eigenvalue weighted by Crippen LogP contribution is 2.16. The number of aromatic nitrogens is 1. The Morgan fingerprint density at radius 3 is 2.88 bits per heavy atom. The summed E-state index contributed by atoms with van der Waals surface area (Å²) in [4.78, 5) is 27.2. The summed E-state index contributed by atoms with van der Waals surface area (Å²) in [6, 6.07) is -0.393. The third-order valence-corrected chi connectivity index (χ3v) is 3.16. The summed E-state index contributed by atoms with van der Waals surface area (Å²) in [6.45, 7) is 2.09. The molecule has 1 aromatic heterocycles. The molecule has 2 amide bonds. The first-order valence-electron chi connectivity index (χ1n) is 5.11. The number of nitrogens with one attached hydrogen (secondary N) is 1. The van der Waals surface area contributed by atoms with E-state index in [1.54, 1.807) is 6.20 Å². The molecular weight excluding hydrogens is 242 g/mol. The van der Waals surface area contributed by atoms with Crippen molar-refractivity contribution in [3.63, 3.8) is 0 Å². The van der Waals surface area contributed by atoms with Crippen molar-refractivity contribution in [2.75, 3.05) is 20.1 Å². The van der Waals surface area contributed by atoms with E-state index in [1.165, 1.54) is 18.4 Å². The average Bonchev–Trinajstić information content (AvgIpc) is 2.77. The number of carbonyl (C=O) groups excluding carboxylic acids is 1. The summed E-state index contributed by atoms with van der Waals surface area (Å²) in [5.41, 5.74) is 0. The molecule has 1 unspecified atom stereocenters. The van der Waals surface area contributed by atoms with Gasteiger partial charge in [-0.15, -0.1) is 11.3 Å². The minimum Gasteiger partial charge on any atom is -0.480 e. The Morgan fingerprint density at radius 2 is 2.35 bits per heavy atom. The molecule has 0 aromatic carbocycles. The van der Waals surface area contributed by atoms with E-state index >= 15 is 0 Å². The van der Waals surface area contributed by atoms with E-state index in [0.29, 0.717) is 6.54 Å². The lowest BCUT2D eigenvalue weighted by Crippen LogP contribution is -2.41. The van der Waals surface area contributed by atoms with Crippen molar-refractivity contribution in [2.45, 2.75) is 12.8 Å². The number of carboxylic acids is 1. The SMILES string of the molecule is CC(CNC(=O)N(C)CC(=O)O)c1nccs1. The molecule has 0 aliphatic heterocycles. The number of hydrogen-bond donors (Lipinski definition) is 2. The van der Waals surface area contributed by atoms with Crippen molar-refractivity contribution in [2.24, 2.45) is 0 Å². The molecule has 7 heteroatoms. The van der Waals surface area contributed by atoms with Crippen LogP contribution in [0.3, 0.4) is 0 Å². The highest BCUT2D eigenvalue weighted by Gasteiger charge is 2.14. The topological polar surface area (TPSA) is 82.5 Å². The van der Waals surface area contributed by atoms with Crippen molar-refractivity contribution in [1.82, 2.24) is 15.2 Å². The van der Waals surface area contributed by atoms with Gasteiger partial charge in [0, 0.05) is 31.1 Å². The van der Waals surface area contributed by atoms with Crippen LogP contribution in [-0.4, -0.2) is 47.1 Å². The predicted molar refractivity (Wildman–Crippen MR) is 64.2 cm³/mol. The molecule has 0 saturated heterocycles. The molecule has 0 saturated carbocycles. The van der Waals surface area contributed by atoms with Crippen LogP contribution in [0.5, 0.6) is 0 Å². The number of urea groups is 1.